The fourth-order valence-corrected chi connectivity index (χ4v) is 10.5. The second kappa shape index (κ2) is 15.6. The molecule has 0 unspecified atom stereocenters. The highest BCUT2D eigenvalue weighted by Gasteiger charge is 2.22. The molecule has 0 saturated carbocycles. The largest absolute Gasteiger partial charge is 0.309 e. The van der Waals surface area contributed by atoms with E-state index >= 15 is 0 Å². The second-order valence-corrected chi connectivity index (χ2v) is 17.5. The van der Waals surface area contributed by atoms with E-state index in [4.69, 9.17) is 15.0 Å². The Morgan fingerprint density at radius 1 is 0.261 bits per heavy atom. The van der Waals surface area contributed by atoms with Crippen LogP contribution in [0.2, 0.25) is 0 Å². The minimum atomic E-state index is 0.586. The number of benzene rings is 9. The average molecular weight is 882 g/mol. The van der Waals surface area contributed by atoms with E-state index in [0.717, 1.165) is 88.8 Å². The summed E-state index contributed by atoms with van der Waals surface area (Å²) < 4.78 is 7.25. The highest BCUT2D eigenvalue weighted by Crippen LogP contribution is 2.42. The molecule has 0 aliphatic carbocycles. The summed E-state index contributed by atoms with van der Waals surface area (Å²) in [5, 5.41) is 7.18. The molecule has 0 aliphatic rings. The van der Waals surface area contributed by atoms with Gasteiger partial charge in [0.2, 0.25) is 0 Å². The Balaban J connectivity index is 1.09. The van der Waals surface area contributed by atoms with Crippen LogP contribution < -0.4 is 0 Å². The number of hydrogen-bond acceptors (Lipinski definition) is 4. The number of rotatable bonds is 7. The topological polar surface area (TPSA) is 66.3 Å². The van der Waals surface area contributed by atoms with Crippen LogP contribution in [-0.2, 0) is 0 Å². The van der Waals surface area contributed by atoms with Crippen LogP contribution in [0.1, 0.15) is 0 Å². The van der Waals surface area contributed by atoms with Gasteiger partial charge in [0.25, 0.3) is 0 Å². The first-order valence-corrected chi connectivity index (χ1v) is 23.2. The van der Waals surface area contributed by atoms with Gasteiger partial charge in [-0.2, -0.15) is 0 Å². The van der Waals surface area contributed by atoms with E-state index in [0.29, 0.717) is 17.5 Å². The fraction of sp³-hybridized carbons (Fsp3) is 0. The third-order valence-electron chi connectivity index (χ3n) is 13.6. The molecule has 0 N–H and O–H groups in total. The van der Waals surface area contributed by atoms with Crippen molar-refractivity contribution in [3.05, 3.63) is 237 Å². The van der Waals surface area contributed by atoms with Crippen molar-refractivity contribution in [2.24, 2.45) is 0 Å². The van der Waals surface area contributed by atoms with Crippen LogP contribution in [0.5, 0.6) is 0 Å². The predicted octanol–water partition coefficient (Wildman–Crippen LogP) is 15.2. The number of fused-ring (bicyclic) bond motifs is 9. The molecule has 14 aromatic rings. The van der Waals surface area contributed by atoms with Crippen LogP contribution in [0, 0.1) is 0 Å². The molecule has 0 atom stereocenters. The van der Waals surface area contributed by atoms with Crippen molar-refractivity contribution >= 4 is 65.4 Å². The number of pyridine rings is 1. The van der Waals surface area contributed by atoms with Gasteiger partial charge in [0.15, 0.2) is 17.5 Å². The van der Waals surface area contributed by atoms with Crippen LogP contribution in [0.4, 0.5) is 0 Å². The maximum absolute atomic E-state index is 5.21. The molecule has 0 fully saturated rings. The van der Waals surface area contributed by atoms with E-state index in [1.165, 1.54) is 21.5 Å². The second-order valence-electron chi connectivity index (χ2n) is 17.5. The Bertz CT molecular complexity index is 3970. The quantitative estimate of drug-likeness (QED) is 0.160. The molecule has 0 saturated heterocycles. The average Bonchev–Trinajstić information content (AvgIpc) is 4.06. The van der Waals surface area contributed by atoms with Crippen molar-refractivity contribution in [3.8, 4) is 62.4 Å². The summed E-state index contributed by atoms with van der Waals surface area (Å²) in [7, 11) is 0. The molecule has 0 radical (unpaired) electrons. The number of para-hydroxylation sites is 4. The molecule has 7 heteroatoms. The lowest BCUT2D eigenvalue weighted by Crippen LogP contribution is -2.03. The van der Waals surface area contributed by atoms with Gasteiger partial charge in [-0.1, -0.05) is 158 Å². The van der Waals surface area contributed by atoms with Gasteiger partial charge in [-0.25, -0.2) is 15.0 Å². The first kappa shape index (κ1) is 38.8. The van der Waals surface area contributed by atoms with Crippen molar-refractivity contribution in [2.75, 3.05) is 0 Å². The minimum Gasteiger partial charge on any atom is -0.309 e. The number of hydrogen-bond donors (Lipinski definition) is 0. The van der Waals surface area contributed by atoms with Crippen LogP contribution in [0.25, 0.3) is 128 Å². The van der Waals surface area contributed by atoms with Crippen LogP contribution >= 0.6 is 0 Å². The molecule has 322 valence electrons. The Kier molecular flexibility index (Phi) is 8.75. The van der Waals surface area contributed by atoms with Crippen molar-refractivity contribution < 1.29 is 0 Å². The van der Waals surface area contributed by atoms with E-state index in [1.807, 2.05) is 73.1 Å². The molecule has 0 spiro atoms. The summed E-state index contributed by atoms with van der Waals surface area (Å²) in [5.74, 6) is 1.81. The molecule has 69 heavy (non-hydrogen) atoms. The molecule has 9 aromatic carbocycles. The van der Waals surface area contributed by atoms with Crippen molar-refractivity contribution in [2.45, 2.75) is 0 Å². The predicted molar refractivity (Wildman–Crippen MR) is 282 cm³/mol. The summed E-state index contributed by atoms with van der Waals surface area (Å²) in [5.41, 5.74) is 14.7. The van der Waals surface area contributed by atoms with E-state index in [-0.39, 0.29) is 0 Å². The Labute approximate surface area is 396 Å². The van der Waals surface area contributed by atoms with Crippen LogP contribution in [-0.4, -0.2) is 33.6 Å². The zero-order chi connectivity index (χ0) is 45.4. The Hall–Kier alpha value is -9.46. The molecule has 0 bridgehead atoms. The van der Waals surface area contributed by atoms with Gasteiger partial charge in [0.1, 0.15) is 0 Å². The first-order chi connectivity index (χ1) is 34.2. The van der Waals surface area contributed by atoms with E-state index in [2.05, 4.69) is 182 Å². The smallest absolute Gasteiger partial charge is 0.164 e. The molecule has 7 nitrogen and oxygen atoms in total. The molecular formula is C62H39N7. The Morgan fingerprint density at radius 3 is 1.10 bits per heavy atom. The van der Waals surface area contributed by atoms with E-state index in [9.17, 15) is 0 Å². The number of nitrogens with zero attached hydrogens (tertiary/aromatic N) is 7. The standard InChI is InChI=1S/C62H39N7/c1-3-15-41(16-4-1)60-64-61(42-17-5-2-6-18-42)66-62(65-60)43-27-30-46(40-33-35-63-36-34-40)57(37-43)69-58-38-44(67-53-23-11-7-19-47(53)48-20-8-12-24-54(48)67)28-31-51(58)52-32-29-45(39-59(52)69)68-55-25-13-9-21-49(55)50-22-10-14-26-56(50)68/h1-39H. The summed E-state index contributed by atoms with van der Waals surface area (Å²) in [6.45, 7) is 0. The first-order valence-electron chi connectivity index (χ1n) is 23.2. The molecule has 14 rings (SSSR count). The van der Waals surface area contributed by atoms with E-state index < -0.39 is 0 Å². The molecule has 0 aliphatic heterocycles. The normalized spacial score (nSPS) is 11.8. The SMILES string of the molecule is c1ccc(-c2nc(-c3ccccc3)nc(-c3ccc(-c4ccncc4)c(-n4c5cc(-n6c7ccccc7c7ccccc76)ccc5c5ccc(-n6c7ccccc7c7ccccc76)cc54)c3)n2)cc1. The van der Waals surface area contributed by atoms with Crippen molar-refractivity contribution in [1.82, 2.24) is 33.6 Å². The van der Waals surface area contributed by atoms with Crippen molar-refractivity contribution in [1.29, 1.82) is 0 Å². The third kappa shape index (κ3) is 6.21. The summed E-state index contributed by atoms with van der Waals surface area (Å²) in [4.78, 5) is 19.9. The number of aromatic nitrogens is 7. The Morgan fingerprint density at radius 2 is 0.652 bits per heavy atom. The summed E-state index contributed by atoms with van der Waals surface area (Å²) >= 11 is 0. The minimum absolute atomic E-state index is 0.586. The zero-order valence-electron chi connectivity index (χ0n) is 37.1. The molecule has 5 aromatic heterocycles. The molecular weight excluding hydrogens is 843 g/mol. The van der Waals surface area contributed by atoms with Gasteiger partial charge in [0, 0.05) is 78.3 Å². The monoisotopic (exact) mass is 881 g/mol. The maximum atomic E-state index is 5.21. The fourth-order valence-electron chi connectivity index (χ4n) is 10.5. The highest BCUT2D eigenvalue weighted by atomic mass is 15.0. The lowest BCUT2D eigenvalue weighted by Gasteiger charge is -2.17. The lowest BCUT2D eigenvalue weighted by atomic mass is 10.0. The van der Waals surface area contributed by atoms with Gasteiger partial charge in [-0.15, -0.1) is 0 Å². The van der Waals surface area contributed by atoms with Crippen LogP contribution in [0.3, 0.4) is 0 Å². The summed E-state index contributed by atoms with van der Waals surface area (Å²) in [6.07, 6.45) is 3.73. The van der Waals surface area contributed by atoms with Gasteiger partial charge < -0.3 is 13.7 Å². The van der Waals surface area contributed by atoms with Gasteiger partial charge in [-0.3, -0.25) is 4.98 Å². The maximum Gasteiger partial charge on any atom is 0.164 e. The van der Waals surface area contributed by atoms with Crippen molar-refractivity contribution in [3.63, 3.8) is 0 Å². The highest BCUT2D eigenvalue weighted by molar-refractivity contribution is 6.14. The lowest BCUT2D eigenvalue weighted by molar-refractivity contribution is 1.07. The van der Waals surface area contributed by atoms with Gasteiger partial charge >= 0.3 is 0 Å². The van der Waals surface area contributed by atoms with E-state index in [1.54, 1.807) is 0 Å². The zero-order valence-corrected chi connectivity index (χ0v) is 37.1. The van der Waals surface area contributed by atoms with Gasteiger partial charge in [-0.05, 0) is 72.3 Å². The van der Waals surface area contributed by atoms with Gasteiger partial charge in [0.05, 0.1) is 38.8 Å². The molecule has 5 heterocycles. The molecule has 0 amide bonds. The summed E-state index contributed by atoms with van der Waals surface area (Å²) in [6, 6.07) is 79.7. The third-order valence-corrected chi connectivity index (χ3v) is 13.6. The van der Waals surface area contributed by atoms with Crippen LogP contribution in [0.15, 0.2) is 237 Å².